The van der Waals surface area contributed by atoms with Gasteiger partial charge in [-0.1, -0.05) is 6.07 Å². The largest absolute Gasteiger partial charge is 0.478 e. The van der Waals surface area contributed by atoms with Gasteiger partial charge in [-0.15, -0.1) is 0 Å². The van der Waals surface area contributed by atoms with E-state index in [1.807, 2.05) is 107 Å². The van der Waals surface area contributed by atoms with Crippen LogP contribution in [0.15, 0.2) is 59.0 Å². The minimum Gasteiger partial charge on any atom is -0.478 e. The lowest BCUT2D eigenvalue weighted by atomic mass is 9.90. The molecule has 4 rings (SSSR count). The van der Waals surface area contributed by atoms with Gasteiger partial charge in [-0.2, -0.15) is 0 Å². The van der Waals surface area contributed by atoms with Gasteiger partial charge >= 0.3 is 5.97 Å². The predicted molar refractivity (Wildman–Crippen MR) is 156 cm³/mol. The Hall–Kier alpha value is -3.91. The summed E-state index contributed by atoms with van der Waals surface area (Å²) in [4.78, 5) is 14.5. The van der Waals surface area contributed by atoms with Crippen LogP contribution in [0.2, 0.25) is 0 Å². The van der Waals surface area contributed by atoms with Gasteiger partial charge in [0.05, 0.1) is 11.6 Å². The smallest absolute Gasteiger partial charge is 0.336 e. The fourth-order valence-corrected chi connectivity index (χ4v) is 4.66. The number of rotatable bonds is 4. The van der Waals surface area contributed by atoms with E-state index < -0.39 is 5.97 Å². The average molecular weight is 518 g/mol. The predicted octanol–water partition coefficient (Wildman–Crippen LogP) is 5.09. The highest BCUT2D eigenvalue weighted by Gasteiger charge is 2.23. The van der Waals surface area contributed by atoms with Crippen molar-refractivity contribution < 1.29 is 14.3 Å². The number of thiocarbonyl (C=S) groups is 1. The molecule has 0 saturated heterocycles. The highest BCUT2D eigenvalue weighted by molar-refractivity contribution is 7.80. The number of fused-ring (bicyclic) bond motifs is 2. The second-order valence-electron chi connectivity index (χ2n) is 10.5. The van der Waals surface area contributed by atoms with Crippen LogP contribution in [0.25, 0.3) is 33.4 Å². The van der Waals surface area contributed by atoms with Crippen molar-refractivity contribution in [2.24, 2.45) is 0 Å². The lowest BCUT2D eigenvalue weighted by Gasteiger charge is -2.23. The fourth-order valence-electron chi connectivity index (χ4n) is 4.23. The topological polar surface area (TPSA) is 80.8 Å². The van der Waals surface area contributed by atoms with Crippen LogP contribution in [-0.4, -0.2) is 49.9 Å². The molecule has 3 N–H and O–H groups in total. The number of hydrogen-bond acceptors (Lipinski definition) is 4. The first-order valence-corrected chi connectivity index (χ1v) is 12.4. The van der Waals surface area contributed by atoms with Crippen LogP contribution in [-0.2, 0) is 0 Å². The Morgan fingerprint density at radius 3 is 2.32 bits per heavy atom. The van der Waals surface area contributed by atoms with Gasteiger partial charge in [-0.25, -0.2) is 9.37 Å². The first kappa shape index (κ1) is 26.2. The van der Waals surface area contributed by atoms with Crippen LogP contribution < -0.4 is 25.5 Å². The maximum atomic E-state index is 12.5. The van der Waals surface area contributed by atoms with Crippen LogP contribution >= 0.6 is 12.2 Å². The summed E-state index contributed by atoms with van der Waals surface area (Å²) in [6.45, 7) is 6.02. The molecule has 0 saturated carbocycles. The fraction of sp³-hybridized carbons (Fsp3) is 0.276. The molecule has 0 bridgehead atoms. The third-order valence-corrected chi connectivity index (χ3v) is 6.19. The number of aromatic carboxylic acids is 1. The third-order valence-electron chi connectivity index (χ3n) is 5.99. The van der Waals surface area contributed by atoms with Crippen LogP contribution in [0.4, 0.5) is 11.4 Å². The van der Waals surface area contributed by atoms with Gasteiger partial charge in [0, 0.05) is 59.7 Å². The van der Waals surface area contributed by atoms with E-state index in [1.165, 1.54) is 0 Å². The first-order valence-electron chi connectivity index (χ1n) is 12.0. The highest BCUT2D eigenvalue weighted by atomic mass is 32.1. The molecule has 37 heavy (non-hydrogen) atoms. The lowest BCUT2D eigenvalue weighted by molar-refractivity contribution is 0.0697. The Balaban J connectivity index is 1.98. The number of benzene rings is 3. The van der Waals surface area contributed by atoms with Crippen molar-refractivity contribution in [3.8, 4) is 22.5 Å². The molecule has 2 aromatic carbocycles. The zero-order chi connectivity index (χ0) is 27.1. The Morgan fingerprint density at radius 1 is 1.00 bits per heavy atom. The molecule has 0 unspecified atom stereocenters. The van der Waals surface area contributed by atoms with Crippen molar-refractivity contribution in [3.63, 3.8) is 0 Å². The Morgan fingerprint density at radius 2 is 1.70 bits per heavy atom. The van der Waals surface area contributed by atoms with E-state index in [0.29, 0.717) is 27.7 Å². The van der Waals surface area contributed by atoms with Crippen LogP contribution in [0, 0.1) is 0 Å². The third kappa shape index (κ3) is 5.59. The van der Waals surface area contributed by atoms with Gasteiger partial charge in [0.1, 0.15) is 25.4 Å². The zero-order valence-electron chi connectivity index (χ0n) is 22.3. The summed E-state index contributed by atoms with van der Waals surface area (Å²) in [6, 6.07) is 17.3. The molecule has 0 amide bonds. The van der Waals surface area contributed by atoms with Crippen molar-refractivity contribution in [1.29, 1.82) is 0 Å². The van der Waals surface area contributed by atoms with E-state index in [-0.39, 0.29) is 11.1 Å². The number of anilines is 2. The molecule has 0 fully saturated rings. The van der Waals surface area contributed by atoms with E-state index >= 15 is 0 Å². The second kappa shape index (κ2) is 9.86. The normalized spacial score (nSPS) is 11.4. The molecule has 1 heterocycles. The van der Waals surface area contributed by atoms with Crippen LogP contribution in [0.5, 0.6) is 0 Å². The van der Waals surface area contributed by atoms with Gasteiger partial charge < -0.3 is 25.1 Å². The first-order chi connectivity index (χ1) is 17.3. The van der Waals surface area contributed by atoms with Gasteiger partial charge in [-0.3, -0.25) is 0 Å². The van der Waals surface area contributed by atoms with E-state index in [1.54, 1.807) is 6.07 Å². The summed E-state index contributed by atoms with van der Waals surface area (Å²) >= 11 is 5.42. The van der Waals surface area contributed by atoms with E-state index in [0.717, 1.165) is 27.6 Å². The SMILES string of the molecule is CN(C)c1ccc2c(-c3ccc(NC(=S)NC(C)(C)C)cc3C(=O)O)c3ccc(=[N+](C)C)cc-3oc2c1. The molecule has 192 valence electrons. The average Bonchev–Trinajstić information content (AvgIpc) is 2.80. The maximum Gasteiger partial charge on any atom is 0.336 e. The lowest BCUT2D eigenvalue weighted by Crippen LogP contribution is -2.42. The van der Waals surface area contributed by atoms with Gasteiger partial charge in [-0.05, 0) is 68.9 Å². The van der Waals surface area contributed by atoms with Crippen molar-refractivity contribution in [1.82, 2.24) is 9.89 Å². The number of hydrogen-bond donors (Lipinski definition) is 3. The number of nitrogens with zero attached hydrogens (tertiary/aromatic N) is 2. The second-order valence-corrected chi connectivity index (χ2v) is 10.9. The monoisotopic (exact) mass is 517 g/mol. The van der Waals surface area contributed by atoms with Crippen molar-refractivity contribution >= 4 is 45.6 Å². The molecule has 0 aromatic heterocycles. The Bertz CT molecular complexity index is 1560. The molecule has 0 atom stereocenters. The molecule has 2 aromatic rings. The summed E-state index contributed by atoms with van der Waals surface area (Å²) in [5, 5.41) is 18.8. The summed E-state index contributed by atoms with van der Waals surface area (Å²) in [6.07, 6.45) is 0. The summed E-state index contributed by atoms with van der Waals surface area (Å²) in [5.41, 5.74) is 4.47. The molecule has 7 nitrogen and oxygen atoms in total. The van der Waals surface area contributed by atoms with Crippen LogP contribution in [0.1, 0.15) is 31.1 Å². The van der Waals surface area contributed by atoms with Crippen molar-refractivity contribution in [2.75, 3.05) is 38.4 Å². The number of carboxylic acids is 1. The van der Waals surface area contributed by atoms with Crippen molar-refractivity contribution in [2.45, 2.75) is 26.3 Å². The highest BCUT2D eigenvalue weighted by Crippen LogP contribution is 2.42. The summed E-state index contributed by atoms with van der Waals surface area (Å²) in [5.74, 6) is -0.344. The number of carbonyl (C=O) groups is 1. The summed E-state index contributed by atoms with van der Waals surface area (Å²) in [7, 11) is 7.89. The molecule has 0 radical (unpaired) electrons. The van der Waals surface area contributed by atoms with E-state index in [2.05, 4.69) is 10.6 Å². The Labute approximate surface area is 222 Å². The molecule has 2 aliphatic rings. The quantitative estimate of drug-likeness (QED) is 0.198. The van der Waals surface area contributed by atoms with E-state index in [4.69, 9.17) is 16.6 Å². The van der Waals surface area contributed by atoms with Gasteiger partial charge in [0.15, 0.2) is 5.11 Å². The molecular formula is C29H33N4O3S+. The molecule has 8 heteroatoms. The van der Waals surface area contributed by atoms with Gasteiger partial charge in [0.25, 0.3) is 0 Å². The standard InChI is InChI=1S/C29H32N4O3S/c1-29(2,3)31-28(37)30-17-8-11-20(23(14-17)27(34)35)26-21-12-9-18(32(4)5)15-24(21)36-25-16-19(33(6)7)10-13-22(25)26/h8-16H,1-7H3,(H2,31,34,35,37)/p+1. The minimum atomic E-state index is -1.02. The molecular weight excluding hydrogens is 484 g/mol. The van der Waals surface area contributed by atoms with Gasteiger partial charge in [0.2, 0.25) is 5.36 Å². The van der Waals surface area contributed by atoms with Crippen molar-refractivity contribution in [3.05, 3.63) is 65.5 Å². The zero-order valence-corrected chi connectivity index (χ0v) is 23.1. The number of nitrogens with one attached hydrogen (secondary N) is 2. The summed E-state index contributed by atoms with van der Waals surface area (Å²) < 4.78 is 8.38. The molecule has 1 aliphatic heterocycles. The minimum absolute atomic E-state index is 0.172. The Kier molecular flexibility index (Phi) is 6.97. The van der Waals surface area contributed by atoms with Crippen LogP contribution in [0.3, 0.4) is 0 Å². The van der Waals surface area contributed by atoms with E-state index in [9.17, 15) is 9.90 Å². The number of carboxylic acid groups (broad SMARTS) is 1. The molecule has 1 aliphatic carbocycles. The maximum absolute atomic E-state index is 12.5. The molecule has 0 spiro atoms.